The second kappa shape index (κ2) is 5.37. The summed E-state index contributed by atoms with van der Waals surface area (Å²) in [4.78, 5) is 2.50. The van der Waals surface area contributed by atoms with E-state index in [4.69, 9.17) is 0 Å². The fourth-order valence-corrected chi connectivity index (χ4v) is 3.22. The fraction of sp³-hybridized carbons (Fsp3) is 0.800. The lowest BCUT2D eigenvalue weighted by atomic mass is 9.92. The van der Waals surface area contributed by atoms with E-state index in [1.807, 2.05) is 6.20 Å². The number of halogens is 1. The lowest BCUT2D eigenvalue weighted by molar-refractivity contribution is 0.135. The van der Waals surface area contributed by atoms with Crippen LogP contribution < -0.4 is 0 Å². The molecule has 0 radical (unpaired) electrons. The van der Waals surface area contributed by atoms with Gasteiger partial charge in [0.25, 0.3) is 0 Å². The molecular weight excluding hydrogens is 274 g/mol. The van der Waals surface area contributed by atoms with Gasteiger partial charge in [0.1, 0.15) is 0 Å². The molecule has 1 fully saturated rings. The van der Waals surface area contributed by atoms with E-state index in [1.54, 1.807) is 0 Å². The lowest BCUT2D eigenvalue weighted by Gasteiger charge is -2.35. The van der Waals surface area contributed by atoms with Gasteiger partial charge in [-0.05, 0) is 18.3 Å². The number of nitrogens with zero attached hydrogens (tertiary/aromatic N) is 3. The van der Waals surface area contributed by atoms with Gasteiger partial charge in [-0.25, -0.2) is 0 Å². The van der Waals surface area contributed by atoms with E-state index in [-0.39, 0.29) is 0 Å². The van der Waals surface area contributed by atoms with Gasteiger partial charge in [0.05, 0.1) is 23.6 Å². The molecule has 0 aromatic carbocycles. The van der Waals surface area contributed by atoms with Crippen LogP contribution in [0.5, 0.6) is 0 Å². The minimum atomic E-state index is 0.792. The fourth-order valence-electron chi connectivity index (χ4n) is 2.32. The molecule has 1 aromatic rings. The summed E-state index contributed by atoms with van der Waals surface area (Å²) >= 11 is 4.89. The molecule has 0 saturated carbocycles. The topological polar surface area (TPSA) is 29.0 Å². The minimum absolute atomic E-state index is 0.792. The quantitative estimate of drug-likeness (QED) is 0.800. The molecule has 0 bridgehead atoms. The second-order valence-corrected chi connectivity index (χ2v) is 5.66. The zero-order valence-electron chi connectivity index (χ0n) is 8.90. The van der Waals surface area contributed by atoms with Crippen LogP contribution in [0.2, 0.25) is 0 Å². The third kappa shape index (κ3) is 3.23. The highest BCUT2D eigenvalue weighted by Crippen LogP contribution is 2.23. The molecule has 0 aliphatic carbocycles. The van der Waals surface area contributed by atoms with E-state index in [0.717, 1.165) is 29.4 Å². The van der Waals surface area contributed by atoms with Gasteiger partial charge >= 0.3 is 0 Å². The Hall–Kier alpha value is -0.0000000000000000278. The van der Waals surface area contributed by atoms with E-state index in [1.165, 1.54) is 31.2 Å². The van der Waals surface area contributed by atoms with E-state index < -0.39 is 0 Å². The van der Waals surface area contributed by atoms with E-state index in [0.29, 0.717) is 0 Å². The average molecular weight is 290 g/mol. The first-order valence-corrected chi connectivity index (χ1v) is 7.18. The maximum absolute atomic E-state index is 4.26. The molecule has 1 aliphatic rings. The van der Waals surface area contributed by atoms with Crippen molar-refractivity contribution < 1.29 is 0 Å². The first-order chi connectivity index (χ1) is 7.28. The summed E-state index contributed by atoms with van der Waals surface area (Å²) in [5.74, 6) is 1.59. The zero-order chi connectivity index (χ0) is 10.7. The summed E-state index contributed by atoms with van der Waals surface area (Å²) in [5, 5.41) is 1.11. The molecule has 0 amide bonds. The van der Waals surface area contributed by atoms with Crippen LogP contribution in [0.25, 0.3) is 0 Å². The maximum atomic E-state index is 4.26. The molecule has 3 nitrogen and oxygen atoms in total. The number of rotatable bonds is 3. The van der Waals surface area contributed by atoms with Crippen LogP contribution in [0.15, 0.2) is 6.20 Å². The van der Waals surface area contributed by atoms with Gasteiger partial charge in [0.15, 0.2) is 0 Å². The van der Waals surface area contributed by atoms with Crippen LogP contribution in [0.4, 0.5) is 0 Å². The van der Waals surface area contributed by atoms with Crippen LogP contribution in [0, 0.1) is 11.8 Å². The molecule has 84 valence electrons. The molecule has 2 atom stereocenters. The summed E-state index contributed by atoms with van der Waals surface area (Å²) in [6, 6.07) is 0. The van der Waals surface area contributed by atoms with Gasteiger partial charge in [-0.2, -0.15) is 8.75 Å². The normalized spacial score (nSPS) is 28.1. The van der Waals surface area contributed by atoms with Crippen molar-refractivity contribution in [3.63, 3.8) is 0 Å². The SMILES string of the molecule is CC1CC(CBr)CN(Cc2cnsn2)C1. The van der Waals surface area contributed by atoms with E-state index in [9.17, 15) is 0 Å². The van der Waals surface area contributed by atoms with Gasteiger partial charge in [0.2, 0.25) is 0 Å². The number of alkyl halides is 1. The summed E-state index contributed by atoms with van der Waals surface area (Å²) in [5.41, 5.74) is 1.11. The van der Waals surface area contributed by atoms with Crippen LogP contribution >= 0.6 is 27.7 Å². The molecule has 0 spiro atoms. The number of hydrogen-bond acceptors (Lipinski definition) is 4. The number of likely N-dealkylation sites (tertiary alicyclic amines) is 1. The Morgan fingerprint density at radius 3 is 3.13 bits per heavy atom. The Bertz CT molecular complexity index is 291. The van der Waals surface area contributed by atoms with Crippen molar-refractivity contribution in [1.82, 2.24) is 13.6 Å². The van der Waals surface area contributed by atoms with Crippen molar-refractivity contribution in [3.8, 4) is 0 Å². The molecule has 2 unspecified atom stereocenters. The molecule has 5 heteroatoms. The average Bonchev–Trinajstić information content (AvgIpc) is 2.69. The van der Waals surface area contributed by atoms with Gasteiger partial charge in [-0.1, -0.05) is 22.9 Å². The Labute approximate surface area is 103 Å². The third-order valence-electron chi connectivity index (χ3n) is 2.83. The second-order valence-electron chi connectivity index (χ2n) is 4.45. The van der Waals surface area contributed by atoms with Crippen LogP contribution in [0.3, 0.4) is 0 Å². The third-order valence-corrected chi connectivity index (χ3v) is 4.26. The Kier molecular flexibility index (Phi) is 4.11. The summed E-state index contributed by atoms with van der Waals surface area (Å²) in [7, 11) is 0. The number of hydrogen-bond donors (Lipinski definition) is 0. The van der Waals surface area contributed by atoms with Crippen molar-refractivity contribution in [3.05, 3.63) is 11.9 Å². The predicted molar refractivity (Wildman–Crippen MR) is 66.3 cm³/mol. The lowest BCUT2D eigenvalue weighted by Crippen LogP contribution is -2.39. The monoisotopic (exact) mass is 289 g/mol. The predicted octanol–water partition coefficient (Wildman–Crippen LogP) is 2.39. The zero-order valence-corrected chi connectivity index (χ0v) is 11.3. The van der Waals surface area contributed by atoms with Crippen molar-refractivity contribution in [2.45, 2.75) is 19.9 Å². The summed E-state index contributed by atoms with van der Waals surface area (Å²) in [6.07, 6.45) is 3.23. The molecular formula is C10H16BrN3S. The van der Waals surface area contributed by atoms with Crippen LogP contribution in [0.1, 0.15) is 19.0 Å². The van der Waals surface area contributed by atoms with Gasteiger partial charge < -0.3 is 0 Å². The van der Waals surface area contributed by atoms with Crippen molar-refractivity contribution in [2.75, 3.05) is 18.4 Å². The first-order valence-electron chi connectivity index (χ1n) is 5.32. The smallest absolute Gasteiger partial charge is 0.0883 e. The van der Waals surface area contributed by atoms with Crippen molar-refractivity contribution in [2.24, 2.45) is 11.8 Å². The Balaban J connectivity index is 1.91. The Morgan fingerprint density at radius 1 is 1.60 bits per heavy atom. The summed E-state index contributed by atoms with van der Waals surface area (Å²) in [6.45, 7) is 5.68. The molecule has 2 rings (SSSR count). The molecule has 1 aliphatic heterocycles. The molecule has 1 saturated heterocycles. The molecule has 2 heterocycles. The van der Waals surface area contributed by atoms with Gasteiger partial charge in [-0.15, -0.1) is 0 Å². The first kappa shape index (κ1) is 11.5. The minimum Gasteiger partial charge on any atom is -0.297 e. The largest absolute Gasteiger partial charge is 0.297 e. The van der Waals surface area contributed by atoms with Gasteiger partial charge in [-0.3, -0.25) is 4.90 Å². The Morgan fingerprint density at radius 2 is 2.47 bits per heavy atom. The molecule has 15 heavy (non-hydrogen) atoms. The highest BCUT2D eigenvalue weighted by atomic mass is 79.9. The van der Waals surface area contributed by atoms with Crippen LogP contribution in [-0.2, 0) is 6.54 Å². The maximum Gasteiger partial charge on any atom is 0.0883 e. The molecule has 1 aromatic heterocycles. The highest BCUT2D eigenvalue weighted by molar-refractivity contribution is 9.09. The summed E-state index contributed by atoms with van der Waals surface area (Å²) < 4.78 is 8.30. The number of piperidine rings is 1. The highest BCUT2D eigenvalue weighted by Gasteiger charge is 2.24. The van der Waals surface area contributed by atoms with Crippen molar-refractivity contribution >= 4 is 27.7 Å². The van der Waals surface area contributed by atoms with E-state index >= 15 is 0 Å². The molecule has 0 N–H and O–H groups in total. The number of aromatic nitrogens is 2. The standard InChI is InChI=1S/C10H16BrN3S/c1-8-2-9(3-11)6-14(5-8)7-10-4-12-15-13-10/h4,8-9H,2-3,5-7H2,1H3. The van der Waals surface area contributed by atoms with Crippen LogP contribution in [-0.4, -0.2) is 32.1 Å². The van der Waals surface area contributed by atoms with Crippen molar-refractivity contribution in [1.29, 1.82) is 0 Å². The van der Waals surface area contributed by atoms with Gasteiger partial charge in [0, 0.05) is 25.0 Å². The van der Waals surface area contributed by atoms with E-state index in [2.05, 4.69) is 36.5 Å².